The molecule has 2 aromatic heterocycles. The molecule has 192 valence electrons. The molecule has 0 fully saturated rings. The van der Waals surface area contributed by atoms with E-state index in [9.17, 15) is 22.0 Å². The summed E-state index contributed by atoms with van der Waals surface area (Å²) in [5.74, 6) is -2.03. The third-order valence-electron chi connectivity index (χ3n) is 5.93. The molecule has 0 saturated heterocycles. The number of hydrogen-bond acceptors (Lipinski definition) is 6. The number of carbonyl (C=O) groups is 1. The van der Waals surface area contributed by atoms with E-state index in [-0.39, 0.29) is 35.3 Å². The van der Waals surface area contributed by atoms with Crippen LogP contribution in [-0.4, -0.2) is 42.7 Å². The number of primary sulfonamides is 1. The molecule has 5 rings (SSSR count). The first kappa shape index (κ1) is 25.1. The standard InChI is InChI=1S/C25H20ClF2N3O5S/c26-18-10-22-23(36-7-6-35-22)12-21(18)31-13-17(15-4-1-5-30-25(15)31)24(32)16-9-14(19(27)11-20(16)28)3-2-8-37(29,33)34/h1,4-5,9-13H,2-3,6-8H2,(H2,29,33,34). The SMILES string of the molecule is NS(=O)(=O)CCCc1cc(C(=O)c2cn(-c3cc4c(cc3Cl)OCCO4)c3ncccc23)c(F)cc1F. The Hall–Kier alpha value is -3.54. The van der Waals surface area contributed by atoms with Crippen molar-refractivity contribution in [3.05, 3.63) is 82.1 Å². The lowest BCUT2D eigenvalue weighted by molar-refractivity contribution is 0.103. The third kappa shape index (κ3) is 5.02. The van der Waals surface area contributed by atoms with Gasteiger partial charge in [0.1, 0.15) is 30.5 Å². The van der Waals surface area contributed by atoms with Crippen LogP contribution in [0.4, 0.5) is 8.78 Å². The fourth-order valence-electron chi connectivity index (χ4n) is 4.23. The van der Waals surface area contributed by atoms with Gasteiger partial charge < -0.3 is 9.47 Å². The van der Waals surface area contributed by atoms with Crippen LogP contribution in [0, 0.1) is 11.6 Å². The van der Waals surface area contributed by atoms with Crippen LogP contribution in [0.3, 0.4) is 0 Å². The first-order chi connectivity index (χ1) is 17.6. The minimum absolute atomic E-state index is 0.00476. The van der Waals surface area contributed by atoms with E-state index in [2.05, 4.69) is 4.98 Å². The molecule has 0 atom stereocenters. The molecular weight excluding hydrogens is 528 g/mol. The first-order valence-corrected chi connectivity index (χ1v) is 13.3. The number of fused-ring (bicyclic) bond motifs is 2. The van der Waals surface area contributed by atoms with Gasteiger partial charge in [-0.3, -0.25) is 9.36 Å². The molecule has 0 radical (unpaired) electrons. The van der Waals surface area contributed by atoms with Crippen molar-refractivity contribution >= 4 is 38.4 Å². The molecule has 0 bridgehead atoms. The summed E-state index contributed by atoms with van der Waals surface area (Å²) in [5.41, 5.74) is 0.626. The predicted octanol–water partition coefficient (Wildman–Crippen LogP) is 4.18. The zero-order valence-electron chi connectivity index (χ0n) is 19.2. The maximum absolute atomic E-state index is 14.8. The number of ketones is 1. The number of halogens is 3. The zero-order chi connectivity index (χ0) is 26.3. The van der Waals surface area contributed by atoms with Crippen molar-refractivity contribution in [2.24, 2.45) is 5.14 Å². The largest absolute Gasteiger partial charge is 0.486 e. The highest BCUT2D eigenvalue weighted by Crippen LogP contribution is 2.38. The van der Waals surface area contributed by atoms with Gasteiger partial charge >= 0.3 is 0 Å². The van der Waals surface area contributed by atoms with Crippen molar-refractivity contribution in [3.8, 4) is 17.2 Å². The lowest BCUT2D eigenvalue weighted by Gasteiger charge is -2.20. The van der Waals surface area contributed by atoms with Crippen molar-refractivity contribution in [3.63, 3.8) is 0 Å². The van der Waals surface area contributed by atoms with Gasteiger partial charge in [0.2, 0.25) is 10.0 Å². The highest BCUT2D eigenvalue weighted by Gasteiger charge is 2.24. The molecule has 8 nitrogen and oxygen atoms in total. The first-order valence-electron chi connectivity index (χ1n) is 11.2. The average molecular weight is 548 g/mol. The van der Waals surface area contributed by atoms with Gasteiger partial charge in [-0.15, -0.1) is 0 Å². The molecule has 0 aliphatic carbocycles. The summed E-state index contributed by atoms with van der Waals surface area (Å²) in [6.07, 6.45) is 3.00. The van der Waals surface area contributed by atoms with Gasteiger partial charge in [0.25, 0.3) is 0 Å². The van der Waals surface area contributed by atoms with Gasteiger partial charge in [0.15, 0.2) is 17.3 Å². The quantitative estimate of drug-likeness (QED) is 0.347. The van der Waals surface area contributed by atoms with E-state index in [1.165, 1.54) is 6.20 Å². The van der Waals surface area contributed by atoms with Crippen LogP contribution in [0.1, 0.15) is 27.9 Å². The number of pyridine rings is 1. The fourth-order valence-corrected chi connectivity index (χ4v) is 5.02. The molecule has 0 unspecified atom stereocenters. The number of sulfonamides is 1. The van der Waals surface area contributed by atoms with Gasteiger partial charge in [-0.05, 0) is 36.6 Å². The normalized spacial score (nSPS) is 13.2. The Morgan fingerprint density at radius 1 is 1.08 bits per heavy atom. The van der Waals surface area contributed by atoms with Crippen LogP contribution in [-0.2, 0) is 16.4 Å². The highest BCUT2D eigenvalue weighted by molar-refractivity contribution is 7.89. The number of carbonyl (C=O) groups excluding carboxylic acids is 1. The van der Waals surface area contributed by atoms with Crippen LogP contribution in [0.25, 0.3) is 16.7 Å². The van der Waals surface area contributed by atoms with Crippen LogP contribution in [0.15, 0.2) is 48.8 Å². The Balaban J connectivity index is 1.57. The summed E-state index contributed by atoms with van der Waals surface area (Å²) >= 11 is 6.52. The van der Waals surface area contributed by atoms with Crippen molar-refractivity contribution < 1.29 is 31.5 Å². The van der Waals surface area contributed by atoms with E-state index in [0.29, 0.717) is 52.5 Å². The summed E-state index contributed by atoms with van der Waals surface area (Å²) in [5, 5.41) is 5.74. The smallest absolute Gasteiger partial charge is 0.209 e. The monoisotopic (exact) mass is 547 g/mol. The Morgan fingerprint density at radius 2 is 1.81 bits per heavy atom. The van der Waals surface area contributed by atoms with E-state index in [0.717, 1.165) is 6.07 Å². The predicted molar refractivity (Wildman–Crippen MR) is 133 cm³/mol. The molecule has 12 heteroatoms. The lowest BCUT2D eigenvalue weighted by Crippen LogP contribution is -2.17. The number of ether oxygens (including phenoxy) is 2. The van der Waals surface area contributed by atoms with Gasteiger partial charge in [0.05, 0.1) is 27.6 Å². The molecule has 37 heavy (non-hydrogen) atoms. The van der Waals surface area contributed by atoms with Gasteiger partial charge in [0, 0.05) is 36.0 Å². The third-order valence-corrected chi connectivity index (χ3v) is 7.10. The second-order valence-corrected chi connectivity index (χ2v) is 10.6. The van der Waals surface area contributed by atoms with Gasteiger partial charge in [-0.1, -0.05) is 11.6 Å². The number of benzene rings is 2. The van der Waals surface area contributed by atoms with Crippen LogP contribution in [0.5, 0.6) is 11.5 Å². The van der Waals surface area contributed by atoms with E-state index < -0.39 is 27.4 Å². The maximum Gasteiger partial charge on any atom is 0.209 e. The summed E-state index contributed by atoms with van der Waals surface area (Å²) in [6.45, 7) is 0.758. The molecule has 3 heterocycles. The minimum Gasteiger partial charge on any atom is -0.486 e. The number of hydrogen-bond donors (Lipinski definition) is 1. The van der Waals surface area contributed by atoms with Crippen LogP contribution < -0.4 is 14.6 Å². The Kier molecular flexibility index (Phi) is 6.61. The number of rotatable bonds is 7. The van der Waals surface area contributed by atoms with E-state index in [4.69, 9.17) is 26.2 Å². The van der Waals surface area contributed by atoms with E-state index in [1.807, 2.05) is 0 Å². The van der Waals surface area contributed by atoms with E-state index >= 15 is 0 Å². The second-order valence-electron chi connectivity index (χ2n) is 8.46. The molecule has 0 saturated carbocycles. The number of aryl methyl sites for hydroxylation is 1. The molecule has 0 spiro atoms. The van der Waals surface area contributed by atoms with Crippen LogP contribution >= 0.6 is 11.6 Å². The molecule has 1 aliphatic rings. The fraction of sp³-hybridized carbons (Fsp3) is 0.200. The van der Waals surface area contributed by atoms with Crippen molar-refractivity contribution in [2.75, 3.05) is 19.0 Å². The molecule has 4 aromatic rings. The summed E-state index contributed by atoms with van der Waals surface area (Å²) in [4.78, 5) is 17.9. The number of aromatic nitrogens is 2. The molecule has 2 N–H and O–H groups in total. The number of nitrogens with zero attached hydrogens (tertiary/aromatic N) is 2. The molecular formula is C25H20ClF2N3O5S. The highest BCUT2D eigenvalue weighted by atomic mass is 35.5. The average Bonchev–Trinajstić information content (AvgIpc) is 3.23. The minimum atomic E-state index is -3.74. The zero-order valence-corrected chi connectivity index (χ0v) is 20.8. The topological polar surface area (TPSA) is 114 Å². The summed E-state index contributed by atoms with van der Waals surface area (Å²) in [6, 6.07) is 8.29. The molecule has 0 amide bonds. The Labute approximate surface area is 215 Å². The van der Waals surface area contributed by atoms with Crippen molar-refractivity contribution in [1.82, 2.24) is 9.55 Å². The Bertz CT molecular complexity index is 1660. The van der Waals surface area contributed by atoms with Crippen molar-refractivity contribution in [1.29, 1.82) is 0 Å². The van der Waals surface area contributed by atoms with E-state index in [1.54, 1.807) is 35.0 Å². The Morgan fingerprint density at radius 3 is 2.54 bits per heavy atom. The summed E-state index contributed by atoms with van der Waals surface area (Å²) < 4.78 is 64.4. The van der Waals surface area contributed by atoms with Crippen molar-refractivity contribution in [2.45, 2.75) is 12.8 Å². The van der Waals surface area contributed by atoms with Gasteiger partial charge in [-0.2, -0.15) is 0 Å². The lowest BCUT2D eigenvalue weighted by atomic mass is 9.99. The molecule has 1 aliphatic heterocycles. The maximum atomic E-state index is 14.8. The number of nitrogens with two attached hydrogens (primary N) is 1. The molecule has 2 aromatic carbocycles. The summed E-state index contributed by atoms with van der Waals surface area (Å²) in [7, 11) is -3.74. The van der Waals surface area contributed by atoms with Crippen LogP contribution in [0.2, 0.25) is 5.02 Å². The van der Waals surface area contributed by atoms with Gasteiger partial charge in [-0.25, -0.2) is 27.3 Å². The second kappa shape index (κ2) is 9.73.